The third-order valence-electron chi connectivity index (χ3n) is 6.68. The van der Waals surface area contributed by atoms with E-state index in [-0.39, 0.29) is 11.9 Å². The highest BCUT2D eigenvalue weighted by Gasteiger charge is 2.28. The second kappa shape index (κ2) is 22.5. The van der Waals surface area contributed by atoms with E-state index in [1.807, 2.05) is 0 Å². The van der Waals surface area contributed by atoms with E-state index in [0.717, 1.165) is 19.3 Å². The first-order chi connectivity index (χ1) is 16.2. The standard InChI is InChI=1S/C29H53NO3/c1-2-3-4-5-6-7-8-9-10-11-12-13-14-15-16-17-18-19-20-21-22-23-26-33-29(32)27-24-25-28(31)30-27/h17-18,27H,2-16,19-26H2,1H3,(H,30,31)/b18-17+/t27-/m0/s1. The number of carbonyl (C=O) groups is 2. The molecule has 192 valence electrons. The molecule has 1 aliphatic rings. The molecule has 0 bridgehead atoms. The predicted molar refractivity (Wildman–Crippen MR) is 139 cm³/mol. The van der Waals surface area contributed by atoms with Crippen molar-refractivity contribution in [3.05, 3.63) is 12.2 Å². The van der Waals surface area contributed by atoms with Gasteiger partial charge in [0, 0.05) is 6.42 Å². The second-order valence-corrected chi connectivity index (χ2v) is 9.89. The van der Waals surface area contributed by atoms with Gasteiger partial charge in [-0.2, -0.15) is 0 Å². The molecule has 1 fully saturated rings. The molecule has 0 unspecified atom stereocenters. The number of nitrogens with one attached hydrogen (secondary N) is 1. The Morgan fingerprint density at radius 1 is 0.758 bits per heavy atom. The first kappa shape index (κ1) is 29.7. The zero-order valence-corrected chi connectivity index (χ0v) is 21.7. The molecule has 4 nitrogen and oxygen atoms in total. The van der Waals surface area contributed by atoms with Crippen molar-refractivity contribution in [1.82, 2.24) is 5.32 Å². The molecule has 1 heterocycles. The molecule has 1 amide bonds. The van der Waals surface area contributed by atoms with Crippen molar-refractivity contribution in [2.75, 3.05) is 6.61 Å². The Morgan fingerprint density at radius 3 is 1.67 bits per heavy atom. The summed E-state index contributed by atoms with van der Waals surface area (Å²) in [5.41, 5.74) is 0. The van der Waals surface area contributed by atoms with Crippen LogP contribution in [0.3, 0.4) is 0 Å². The lowest BCUT2D eigenvalue weighted by molar-refractivity contribution is -0.146. The summed E-state index contributed by atoms with van der Waals surface area (Å²) in [5.74, 6) is -0.318. The minimum absolute atomic E-state index is 0.0469. The summed E-state index contributed by atoms with van der Waals surface area (Å²) in [5, 5.41) is 2.65. The Hall–Kier alpha value is -1.32. The van der Waals surface area contributed by atoms with E-state index in [9.17, 15) is 9.59 Å². The van der Waals surface area contributed by atoms with Crippen LogP contribution in [0.15, 0.2) is 12.2 Å². The molecule has 0 saturated carbocycles. The molecular weight excluding hydrogens is 410 g/mol. The van der Waals surface area contributed by atoms with Crippen LogP contribution in [0.25, 0.3) is 0 Å². The van der Waals surface area contributed by atoms with Gasteiger partial charge in [0.25, 0.3) is 0 Å². The molecule has 0 aromatic heterocycles. The number of esters is 1. The Balaban J connectivity index is 1.71. The molecule has 0 aliphatic carbocycles. The van der Waals surface area contributed by atoms with Crippen LogP contribution >= 0.6 is 0 Å². The van der Waals surface area contributed by atoms with Gasteiger partial charge in [0.1, 0.15) is 6.04 Å². The number of rotatable bonds is 23. The number of carbonyl (C=O) groups excluding carboxylic acids is 2. The summed E-state index contributed by atoms with van der Waals surface area (Å²) < 4.78 is 5.25. The van der Waals surface area contributed by atoms with Crippen LogP contribution < -0.4 is 5.32 Å². The van der Waals surface area contributed by atoms with E-state index in [2.05, 4.69) is 24.4 Å². The molecule has 1 N–H and O–H groups in total. The quantitative estimate of drug-likeness (QED) is 0.0944. The molecule has 1 atom stereocenters. The van der Waals surface area contributed by atoms with E-state index in [1.165, 1.54) is 109 Å². The van der Waals surface area contributed by atoms with Gasteiger partial charge in [-0.05, 0) is 38.5 Å². The van der Waals surface area contributed by atoms with E-state index in [0.29, 0.717) is 19.4 Å². The van der Waals surface area contributed by atoms with Crippen LogP contribution in [-0.4, -0.2) is 24.5 Å². The molecule has 0 radical (unpaired) electrons. The molecule has 33 heavy (non-hydrogen) atoms. The zero-order chi connectivity index (χ0) is 23.8. The fourth-order valence-electron chi connectivity index (χ4n) is 4.47. The highest BCUT2D eigenvalue weighted by molar-refractivity contribution is 5.87. The van der Waals surface area contributed by atoms with Crippen LogP contribution in [0.2, 0.25) is 0 Å². The lowest BCUT2D eigenvalue weighted by atomic mass is 10.0. The van der Waals surface area contributed by atoms with Crippen LogP contribution in [-0.2, 0) is 14.3 Å². The smallest absolute Gasteiger partial charge is 0.328 e. The maximum Gasteiger partial charge on any atom is 0.328 e. The van der Waals surface area contributed by atoms with Crippen LogP contribution in [0.5, 0.6) is 0 Å². The van der Waals surface area contributed by atoms with Crippen molar-refractivity contribution in [3.8, 4) is 0 Å². The van der Waals surface area contributed by atoms with E-state index in [1.54, 1.807) is 0 Å². The third-order valence-corrected chi connectivity index (χ3v) is 6.68. The molecule has 0 spiro atoms. The fourth-order valence-corrected chi connectivity index (χ4v) is 4.47. The van der Waals surface area contributed by atoms with Gasteiger partial charge in [-0.15, -0.1) is 0 Å². The van der Waals surface area contributed by atoms with Crippen molar-refractivity contribution in [3.63, 3.8) is 0 Å². The number of allylic oxidation sites excluding steroid dienone is 2. The predicted octanol–water partition coefficient (Wildman–Crippen LogP) is 8.19. The average molecular weight is 464 g/mol. The minimum Gasteiger partial charge on any atom is -0.464 e. The summed E-state index contributed by atoms with van der Waals surface area (Å²) >= 11 is 0. The SMILES string of the molecule is CCCCCCCCCCCCCCCC/C=C/CCCCCCOC(=O)[C@@H]1CCC(=O)N1. The molecule has 0 aromatic carbocycles. The van der Waals surface area contributed by atoms with Crippen molar-refractivity contribution < 1.29 is 14.3 Å². The van der Waals surface area contributed by atoms with Gasteiger partial charge in [0.2, 0.25) is 5.91 Å². The summed E-state index contributed by atoms with van der Waals surface area (Å²) in [4.78, 5) is 22.9. The van der Waals surface area contributed by atoms with Gasteiger partial charge < -0.3 is 10.1 Å². The van der Waals surface area contributed by atoms with Crippen molar-refractivity contribution in [1.29, 1.82) is 0 Å². The summed E-state index contributed by atoms with van der Waals surface area (Å²) in [6.07, 6.45) is 32.4. The lowest BCUT2D eigenvalue weighted by Crippen LogP contribution is -2.34. The van der Waals surface area contributed by atoms with Crippen LogP contribution in [0.1, 0.15) is 148 Å². The molecule has 1 aliphatic heterocycles. The minimum atomic E-state index is -0.414. The molecule has 0 aromatic rings. The van der Waals surface area contributed by atoms with E-state index < -0.39 is 6.04 Å². The highest BCUT2D eigenvalue weighted by Crippen LogP contribution is 2.14. The van der Waals surface area contributed by atoms with Crippen molar-refractivity contribution in [2.24, 2.45) is 0 Å². The Morgan fingerprint density at radius 2 is 1.21 bits per heavy atom. The summed E-state index contributed by atoms with van der Waals surface area (Å²) in [6, 6.07) is -0.414. The zero-order valence-electron chi connectivity index (χ0n) is 21.7. The first-order valence-electron chi connectivity index (χ1n) is 14.3. The Labute approximate surface area is 204 Å². The Bertz CT molecular complexity index is 503. The number of amides is 1. The van der Waals surface area contributed by atoms with Gasteiger partial charge in [-0.3, -0.25) is 4.79 Å². The summed E-state index contributed by atoms with van der Waals surface area (Å²) in [7, 11) is 0. The average Bonchev–Trinajstić information content (AvgIpc) is 3.26. The van der Waals surface area contributed by atoms with Gasteiger partial charge in [-0.25, -0.2) is 4.79 Å². The fraction of sp³-hybridized carbons (Fsp3) is 0.862. The molecule has 4 heteroatoms. The van der Waals surface area contributed by atoms with Crippen molar-refractivity contribution >= 4 is 11.9 Å². The van der Waals surface area contributed by atoms with Crippen LogP contribution in [0.4, 0.5) is 0 Å². The van der Waals surface area contributed by atoms with Crippen LogP contribution in [0, 0.1) is 0 Å². The lowest BCUT2D eigenvalue weighted by Gasteiger charge is -2.09. The van der Waals surface area contributed by atoms with E-state index >= 15 is 0 Å². The summed E-state index contributed by atoms with van der Waals surface area (Å²) in [6.45, 7) is 2.76. The normalized spacial score (nSPS) is 15.9. The van der Waals surface area contributed by atoms with Gasteiger partial charge in [-0.1, -0.05) is 115 Å². The van der Waals surface area contributed by atoms with Gasteiger partial charge in [0.15, 0.2) is 0 Å². The first-order valence-corrected chi connectivity index (χ1v) is 14.3. The molecule has 1 saturated heterocycles. The maximum atomic E-state index is 11.8. The van der Waals surface area contributed by atoms with Gasteiger partial charge in [0.05, 0.1) is 6.61 Å². The van der Waals surface area contributed by atoms with E-state index in [4.69, 9.17) is 4.74 Å². The maximum absolute atomic E-state index is 11.8. The number of unbranched alkanes of at least 4 members (excludes halogenated alkanes) is 18. The van der Waals surface area contributed by atoms with Gasteiger partial charge >= 0.3 is 5.97 Å². The molecular formula is C29H53NO3. The topological polar surface area (TPSA) is 55.4 Å². The van der Waals surface area contributed by atoms with Crippen molar-refractivity contribution in [2.45, 2.75) is 154 Å². The highest BCUT2D eigenvalue weighted by atomic mass is 16.5. The molecule has 1 rings (SSSR count). The third kappa shape index (κ3) is 18.8. The second-order valence-electron chi connectivity index (χ2n) is 9.89. The largest absolute Gasteiger partial charge is 0.464 e. The number of hydrogen-bond acceptors (Lipinski definition) is 3. The Kier molecular flexibility index (Phi) is 20.2. The monoisotopic (exact) mass is 463 g/mol. The number of hydrogen-bond donors (Lipinski definition) is 1. The number of ether oxygens (including phenoxy) is 1.